The molecule has 0 unspecified atom stereocenters. The monoisotopic (exact) mass is 277 g/mol. The molecule has 0 saturated heterocycles. The summed E-state index contributed by atoms with van der Waals surface area (Å²) in [5.74, 6) is 0.939. The Balaban J connectivity index is 2.07. The van der Waals surface area contributed by atoms with E-state index in [1.807, 2.05) is 12.1 Å². The van der Waals surface area contributed by atoms with E-state index >= 15 is 0 Å². The summed E-state index contributed by atoms with van der Waals surface area (Å²) in [5, 5.41) is 15.4. The van der Waals surface area contributed by atoms with Gasteiger partial charge in [0.15, 0.2) is 5.84 Å². The van der Waals surface area contributed by atoms with E-state index in [1.165, 1.54) is 32.1 Å². The number of nitrogens with zero attached hydrogens (tertiary/aromatic N) is 1. The average molecular weight is 277 g/mol. The van der Waals surface area contributed by atoms with Crippen LogP contribution >= 0.6 is 0 Å². The second-order valence-electron chi connectivity index (χ2n) is 5.23. The van der Waals surface area contributed by atoms with Crippen molar-refractivity contribution >= 4 is 5.84 Å². The van der Waals surface area contributed by atoms with Gasteiger partial charge in [-0.25, -0.2) is 0 Å². The zero-order valence-electron chi connectivity index (χ0n) is 11.9. The first-order valence-electron chi connectivity index (χ1n) is 7.12. The fourth-order valence-corrected chi connectivity index (χ4v) is 2.69. The lowest BCUT2D eigenvalue weighted by Gasteiger charge is -2.23. The van der Waals surface area contributed by atoms with Crippen molar-refractivity contribution < 1.29 is 9.94 Å². The van der Waals surface area contributed by atoms with E-state index in [0.29, 0.717) is 11.6 Å². The van der Waals surface area contributed by atoms with Gasteiger partial charge in [0.25, 0.3) is 0 Å². The van der Waals surface area contributed by atoms with Crippen molar-refractivity contribution in [2.45, 2.75) is 44.7 Å². The molecule has 0 spiro atoms. The first-order valence-corrected chi connectivity index (χ1v) is 7.12. The fourth-order valence-electron chi connectivity index (χ4n) is 2.69. The molecule has 0 radical (unpaired) electrons. The van der Waals surface area contributed by atoms with Crippen molar-refractivity contribution in [1.82, 2.24) is 5.32 Å². The Morgan fingerprint density at radius 3 is 2.80 bits per heavy atom. The highest BCUT2D eigenvalue weighted by molar-refractivity contribution is 5.97. The van der Waals surface area contributed by atoms with Gasteiger partial charge >= 0.3 is 0 Å². The van der Waals surface area contributed by atoms with Crippen LogP contribution in [-0.2, 0) is 6.54 Å². The Labute approximate surface area is 119 Å². The first-order chi connectivity index (χ1) is 9.74. The third kappa shape index (κ3) is 3.63. The highest BCUT2D eigenvalue weighted by Gasteiger charge is 2.14. The third-order valence-electron chi connectivity index (χ3n) is 3.87. The van der Waals surface area contributed by atoms with E-state index in [-0.39, 0.29) is 5.84 Å². The van der Waals surface area contributed by atoms with Gasteiger partial charge in [-0.1, -0.05) is 24.4 Å². The van der Waals surface area contributed by atoms with E-state index in [4.69, 9.17) is 15.7 Å². The first kappa shape index (κ1) is 14.7. The molecule has 1 aromatic carbocycles. The Bertz CT molecular complexity index is 468. The van der Waals surface area contributed by atoms with Crippen molar-refractivity contribution in [3.63, 3.8) is 0 Å². The van der Waals surface area contributed by atoms with Crippen LogP contribution in [0.3, 0.4) is 0 Å². The van der Waals surface area contributed by atoms with Gasteiger partial charge in [-0.15, -0.1) is 0 Å². The maximum Gasteiger partial charge on any atom is 0.170 e. The molecule has 1 aliphatic rings. The molecule has 0 heterocycles. The fraction of sp³-hybridized carbons (Fsp3) is 0.533. The number of rotatable bonds is 5. The van der Waals surface area contributed by atoms with Crippen LogP contribution in [0.15, 0.2) is 23.4 Å². The Morgan fingerprint density at radius 1 is 1.40 bits per heavy atom. The molecule has 1 aliphatic carbocycles. The molecule has 0 aromatic heterocycles. The quantitative estimate of drug-likeness (QED) is 0.334. The predicted octanol–water partition coefficient (Wildman–Crippen LogP) is 2.21. The van der Waals surface area contributed by atoms with Crippen molar-refractivity contribution in [3.8, 4) is 5.75 Å². The molecule has 1 saturated carbocycles. The van der Waals surface area contributed by atoms with Gasteiger partial charge in [0.05, 0.1) is 7.11 Å². The summed E-state index contributed by atoms with van der Waals surface area (Å²) in [4.78, 5) is 0. The summed E-state index contributed by atoms with van der Waals surface area (Å²) in [5.41, 5.74) is 7.36. The van der Waals surface area contributed by atoms with Crippen molar-refractivity contribution in [2.75, 3.05) is 7.11 Å². The largest absolute Gasteiger partial charge is 0.496 e. The number of hydrogen-bond donors (Lipinski definition) is 3. The lowest BCUT2D eigenvalue weighted by atomic mass is 9.95. The second kappa shape index (κ2) is 7.14. The summed E-state index contributed by atoms with van der Waals surface area (Å²) in [6, 6.07) is 6.13. The maximum absolute atomic E-state index is 8.76. The van der Waals surface area contributed by atoms with Crippen molar-refractivity contribution in [2.24, 2.45) is 10.9 Å². The Morgan fingerprint density at radius 2 is 2.15 bits per heavy atom. The lowest BCUT2D eigenvalue weighted by molar-refractivity contribution is 0.318. The molecule has 5 nitrogen and oxygen atoms in total. The van der Waals surface area contributed by atoms with Crippen LogP contribution in [0.1, 0.15) is 43.2 Å². The number of oxime groups is 1. The minimum Gasteiger partial charge on any atom is -0.496 e. The number of amidine groups is 1. The van der Waals surface area contributed by atoms with Gasteiger partial charge in [0.1, 0.15) is 5.75 Å². The molecule has 0 atom stereocenters. The van der Waals surface area contributed by atoms with Crippen LogP contribution in [0, 0.1) is 0 Å². The number of nitrogens with two attached hydrogens (primary N) is 1. The maximum atomic E-state index is 8.76. The Kier molecular flexibility index (Phi) is 5.24. The predicted molar refractivity (Wildman–Crippen MR) is 79.2 cm³/mol. The van der Waals surface area contributed by atoms with E-state index in [2.05, 4.69) is 10.5 Å². The summed E-state index contributed by atoms with van der Waals surface area (Å²) in [6.45, 7) is 0.736. The van der Waals surface area contributed by atoms with Crippen LogP contribution < -0.4 is 15.8 Å². The van der Waals surface area contributed by atoms with Gasteiger partial charge in [0, 0.05) is 23.7 Å². The minimum absolute atomic E-state index is 0.117. The standard InChI is InChI=1S/C15H23N3O2/c1-20-14-8-7-11(15(16)18-19)9-12(14)10-17-13-5-3-2-4-6-13/h7-9,13,17,19H,2-6,10H2,1H3,(H2,16,18). The molecule has 20 heavy (non-hydrogen) atoms. The molecule has 0 bridgehead atoms. The van der Waals surface area contributed by atoms with Crippen LogP contribution in [0.4, 0.5) is 0 Å². The minimum atomic E-state index is 0.117. The molecule has 1 fully saturated rings. The number of ether oxygens (including phenoxy) is 1. The summed E-state index contributed by atoms with van der Waals surface area (Å²) in [7, 11) is 1.66. The van der Waals surface area contributed by atoms with Crippen LogP contribution in [-0.4, -0.2) is 24.2 Å². The van der Waals surface area contributed by atoms with Crippen molar-refractivity contribution in [1.29, 1.82) is 0 Å². The van der Waals surface area contributed by atoms with Gasteiger partial charge < -0.3 is 21.0 Å². The Hall–Kier alpha value is -1.75. The van der Waals surface area contributed by atoms with Crippen molar-refractivity contribution in [3.05, 3.63) is 29.3 Å². The molecule has 5 heteroatoms. The molecule has 110 valence electrons. The molecular formula is C15H23N3O2. The zero-order valence-corrected chi connectivity index (χ0v) is 11.9. The summed E-state index contributed by atoms with van der Waals surface area (Å²) in [6.07, 6.45) is 6.43. The molecule has 0 aliphatic heterocycles. The van der Waals surface area contributed by atoms with E-state index < -0.39 is 0 Å². The average Bonchev–Trinajstić information content (AvgIpc) is 2.52. The lowest BCUT2D eigenvalue weighted by Crippen LogP contribution is -2.30. The third-order valence-corrected chi connectivity index (χ3v) is 3.87. The van der Waals surface area contributed by atoms with E-state index in [9.17, 15) is 0 Å². The highest BCUT2D eigenvalue weighted by atomic mass is 16.5. The number of hydrogen-bond acceptors (Lipinski definition) is 4. The number of benzene rings is 1. The molecule has 1 aromatic rings. The van der Waals surface area contributed by atoms with Gasteiger partial charge in [-0.2, -0.15) is 0 Å². The second-order valence-corrected chi connectivity index (χ2v) is 5.23. The zero-order chi connectivity index (χ0) is 14.4. The normalized spacial score (nSPS) is 17.1. The van der Waals surface area contributed by atoms with Gasteiger partial charge in [-0.3, -0.25) is 0 Å². The van der Waals surface area contributed by atoms with E-state index in [0.717, 1.165) is 17.9 Å². The topological polar surface area (TPSA) is 79.9 Å². The van der Waals surface area contributed by atoms with Crippen LogP contribution in [0.25, 0.3) is 0 Å². The molecule has 0 amide bonds. The summed E-state index contributed by atoms with van der Waals surface area (Å²) < 4.78 is 5.37. The smallest absolute Gasteiger partial charge is 0.170 e. The van der Waals surface area contributed by atoms with Crippen LogP contribution in [0.2, 0.25) is 0 Å². The van der Waals surface area contributed by atoms with Gasteiger partial charge in [-0.05, 0) is 31.0 Å². The summed E-state index contributed by atoms with van der Waals surface area (Å²) >= 11 is 0. The number of methoxy groups -OCH3 is 1. The SMILES string of the molecule is COc1ccc(/C(N)=N/O)cc1CNC1CCCCC1. The van der Waals surface area contributed by atoms with E-state index in [1.54, 1.807) is 13.2 Å². The van der Waals surface area contributed by atoms with Gasteiger partial charge in [0.2, 0.25) is 0 Å². The molecule has 4 N–H and O–H groups in total. The number of nitrogens with one attached hydrogen (secondary N) is 1. The highest BCUT2D eigenvalue weighted by Crippen LogP contribution is 2.22. The van der Waals surface area contributed by atoms with Crippen LogP contribution in [0.5, 0.6) is 5.75 Å². The molecular weight excluding hydrogens is 254 g/mol. The molecule has 2 rings (SSSR count).